The van der Waals surface area contributed by atoms with E-state index in [9.17, 15) is 14.0 Å². The topological polar surface area (TPSA) is 64.6 Å². The summed E-state index contributed by atoms with van der Waals surface area (Å²) in [5, 5.41) is 2.59. The van der Waals surface area contributed by atoms with Gasteiger partial charge in [-0.3, -0.25) is 4.79 Å². The first kappa shape index (κ1) is 17.0. The van der Waals surface area contributed by atoms with E-state index in [1.165, 1.54) is 31.2 Å². The van der Waals surface area contributed by atoms with Gasteiger partial charge in [-0.15, -0.1) is 0 Å². The normalized spacial score (nSPS) is 10.0. The molecule has 23 heavy (non-hydrogen) atoms. The molecule has 0 aliphatic rings. The van der Waals surface area contributed by atoms with Crippen molar-refractivity contribution in [2.24, 2.45) is 0 Å². The summed E-state index contributed by atoms with van der Waals surface area (Å²) in [5.74, 6) is -1.18. The second-order valence-corrected chi connectivity index (χ2v) is 5.46. The third kappa shape index (κ3) is 5.37. The van der Waals surface area contributed by atoms with Gasteiger partial charge in [-0.1, -0.05) is 15.9 Å². The van der Waals surface area contributed by atoms with Crippen LogP contribution in [0.2, 0.25) is 0 Å². The van der Waals surface area contributed by atoms with Crippen LogP contribution < -0.4 is 14.8 Å². The van der Waals surface area contributed by atoms with Crippen molar-refractivity contribution in [1.82, 2.24) is 0 Å². The van der Waals surface area contributed by atoms with Gasteiger partial charge >= 0.3 is 5.97 Å². The molecule has 0 fully saturated rings. The van der Waals surface area contributed by atoms with Gasteiger partial charge in [-0.25, -0.2) is 9.18 Å². The molecule has 0 aliphatic heterocycles. The highest BCUT2D eigenvalue weighted by atomic mass is 79.9. The van der Waals surface area contributed by atoms with Crippen molar-refractivity contribution < 1.29 is 23.5 Å². The zero-order valence-electron chi connectivity index (χ0n) is 12.1. The summed E-state index contributed by atoms with van der Waals surface area (Å²) in [4.78, 5) is 22.6. The van der Waals surface area contributed by atoms with E-state index in [4.69, 9.17) is 9.47 Å². The molecule has 0 heterocycles. The lowest BCUT2D eigenvalue weighted by Gasteiger charge is -2.08. The molecule has 1 N–H and O–H groups in total. The number of hydrogen-bond donors (Lipinski definition) is 1. The van der Waals surface area contributed by atoms with Gasteiger partial charge in [-0.2, -0.15) is 0 Å². The summed E-state index contributed by atoms with van der Waals surface area (Å²) in [5.41, 5.74) is 0.588. The molecule has 0 aliphatic carbocycles. The summed E-state index contributed by atoms with van der Waals surface area (Å²) >= 11 is 3.13. The molecule has 120 valence electrons. The van der Waals surface area contributed by atoms with E-state index in [-0.39, 0.29) is 11.7 Å². The molecule has 7 heteroatoms. The molecule has 0 saturated heterocycles. The van der Waals surface area contributed by atoms with E-state index in [0.717, 1.165) is 0 Å². The van der Waals surface area contributed by atoms with Gasteiger partial charge in [0.15, 0.2) is 18.2 Å². The number of benzene rings is 2. The zero-order valence-corrected chi connectivity index (χ0v) is 13.7. The summed E-state index contributed by atoms with van der Waals surface area (Å²) in [6.45, 7) is 0.971. The highest BCUT2D eigenvalue weighted by molar-refractivity contribution is 9.10. The maximum atomic E-state index is 13.5. The Bertz CT molecular complexity index is 719. The van der Waals surface area contributed by atoms with Crippen LogP contribution in [0.1, 0.15) is 6.92 Å². The van der Waals surface area contributed by atoms with Crippen LogP contribution in [-0.4, -0.2) is 18.5 Å². The lowest BCUT2D eigenvalue weighted by molar-refractivity contribution is -0.136. The van der Waals surface area contributed by atoms with Crippen molar-refractivity contribution in [3.8, 4) is 11.5 Å². The fourth-order valence-electron chi connectivity index (χ4n) is 1.70. The summed E-state index contributed by atoms with van der Waals surface area (Å²) in [7, 11) is 0. The average molecular weight is 382 g/mol. The maximum absolute atomic E-state index is 13.5. The van der Waals surface area contributed by atoms with Crippen molar-refractivity contribution in [2.75, 3.05) is 11.9 Å². The number of rotatable bonds is 5. The van der Waals surface area contributed by atoms with Gasteiger partial charge in [0.1, 0.15) is 5.75 Å². The molecule has 2 rings (SSSR count). The molecule has 0 unspecified atom stereocenters. The molecule has 1 amide bonds. The molecular formula is C16H13BrFNO4. The Labute approximate surface area is 140 Å². The number of nitrogens with one attached hydrogen (secondary N) is 1. The van der Waals surface area contributed by atoms with Crippen LogP contribution in [0.5, 0.6) is 11.5 Å². The molecule has 0 aromatic heterocycles. The Morgan fingerprint density at radius 3 is 2.48 bits per heavy atom. The smallest absolute Gasteiger partial charge is 0.349 e. The van der Waals surface area contributed by atoms with Crippen molar-refractivity contribution >= 4 is 33.5 Å². The predicted molar refractivity (Wildman–Crippen MR) is 86.0 cm³/mol. The van der Waals surface area contributed by atoms with Gasteiger partial charge in [0, 0.05) is 17.1 Å². The van der Waals surface area contributed by atoms with E-state index in [0.29, 0.717) is 15.9 Å². The minimum Gasteiger partial charge on any atom is -0.479 e. The first-order valence-corrected chi connectivity index (χ1v) is 7.39. The Morgan fingerprint density at radius 1 is 1.17 bits per heavy atom. The quantitative estimate of drug-likeness (QED) is 0.635. The van der Waals surface area contributed by atoms with Crippen LogP contribution in [0.4, 0.5) is 10.1 Å². The number of amides is 1. The number of hydrogen-bond acceptors (Lipinski definition) is 4. The minimum absolute atomic E-state index is 0.0360. The van der Waals surface area contributed by atoms with E-state index < -0.39 is 18.4 Å². The van der Waals surface area contributed by atoms with Crippen LogP contribution >= 0.6 is 15.9 Å². The summed E-state index contributed by atoms with van der Waals surface area (Å²) in [6.07, 6.45) is 0. The molecule has 0 saturated carbocycles. The van der Waals surface area contributed by atoms with E-state index >= 15 is 0 Å². The minimum atomic E-state index is -0.667. The van der Waals surface area contributed by atoms with E-state index in [2.05, 4.69) is 21.2 Å². The van der Waals surface area contributed by atoms with Crippen LogP contribution in [-0.2, 0) is 9.59 Å². The molecule has 0 bridgehead atoms. The van der Waals surface area contributed by atoms with Crippen molar-refractivity contribution in [2.45, 2.75) is 6.92 Å². The lowest BCUT2D eigenvalue weighted by Crippen LogP contribution is -2.18. The van der Waals surface area contributed by atoms with Crippen LogP contribution in [0.15, 0.2) is 46.9 Å². The number of anilines is 1. The monoisotopic (exact) mass is 381 g/mol. The Kier molecular flexibility index (Phi) is 5.70. The Balaban J connectivity index is 1.88. The van der Waals surface area contributed by atoms with Gasteiger partial charge in [0.25, 0.3) is 0 Å². The third-order valence-corrected chi connectivity index (χ3v) is 3.14. The zero-order chi connectivity index (χ0) is 16.8. The lowest BCUT2D eigenvalue weighted by atomic mass is 10.3. The Morgan fingerprint density at radius 2 is 1.87 bits per heavy atom. The number of carbonyl (C=O) groups excluding carboxylic acids is 2. The molecule has 0 spiro atoms. The molecule has 0 atom stereocenters. The SMILES string of the molecule is CC(=O)Nc1ccc(OC(=O)COc2ccc(Br)cc2F)cc1. The van der Waals surface area contributed by atoms with Gasteiger partial charge in [0.05, 0.1) is 0 Å². The molecular weight excluding hydrogens is 369 g/mol. The second-order valence-electron chi connectivity index (χ2n) is 4.54. The van der Waals surface area contributed by atoms with Crippen LogP contribution in [0.25, 0.3) is 0 Å². The molecule has 2 aromatic carbocycles. The fourth-order valence-corrected chi connectivity index (χ4v) is 2.03. The predicted octanol–water partition coefficient (Wildman–Crippen LogP) is 3.53. The highest BCUT2D eigenvalue weighted by Crippen LogP contribution is 2.21. The molecule has 0 radical (unpaired) electrons. The van der Waals surface area contributed by atoms with Crippen molar-refractivity contribution in [3.05, 3.63) is 52.8 Å². The van der Waals surface area contributed by atoms with Gasteiger partial charge < -0.3 is 14.8 Å². The summed E-state index contributed by atoms with van der Waals surface area (Å²) < 4.78 is 24.2. The van der Waals surface area contributed by atoms with Crippen molar-refractivity contribution in [1.29, 1.82) is 0 Å². The number of esters is 1. The number of carbonyl (C=O) groups is 2. The molecule has 5 nitrogen and oxygen atoms in total. The Hall–Kier alpha value is -2.41. The van der Waals surface area contributed by atoms with Gasteiger partial charge in [-0.05, 0) is 42.5 Å². The second kappa shape index (κ2) is 7.73. The van der Waals surface area contributed by atoms with Gasteiger partial charge in [0.2, 0.25) is 5.91 Å². The third-order valence-electron chi connectivity index (χ3n) is 2.65. The molecule has 2 aromatic rings. The largest absolute Gasteiger partial charge is 0.479 e. The highest BCUT2D eigenvalue weighted by Gasteiger charge is 2.09. The maximum Gasteiger partial charge on any atom is 0.349 e. The van der Waals surface area contributed by atoms with Crippen LogP contribution in [0.3, 0.4) is 0 Å². The standard InChI is InChI=1S/C16H13BrFNO4/c1-10(20)19-12-3-5-13(6-4-12)23-16(21)9-22-15-7-2-11(17)8-14(15)18/h2-8H,9H2,1H3,(H,19,20). The van der Waals surface area contributed by atoms with E-state index in [1.807, 2.05) is 0 Å². The average Bonchev–Trinajstić information content (AvgIpc) is 2.48. The van der Waals surface area contributed by atoms with E-state index in [1.54, 1.807) is 18.2 Å². The number of ether oxygens (including phenoxy) is 2. The fraction of sp³-hybridized carbons (Fsp3) is 0.125. The first-order chi connectivity index (χ1) is 10.9. The summed E-state index contributed by atoms with van der Waals surface area (Å²) in [6, 6.07) is 10.5. The first-order valence-electron chi connectivity index (χ1n) is 6.60. The van der Waals surface area contributed by atoms with Crippen molar-refractivity contribution in [3.63, 3.8) is 0 Å². The number of halogens is 2. The van der Waals surface area contributed by atoms with Crippen LogP contribution in [0, 0.1) is 5.82 Å².